The van der Waals surface area contributed by atoms with E-state index in [1.54, 1.807) is 18.4 Å². The molecule has 1 heterocycles. The molecule has 3 aromatic rings. The highest BCUT2D eigenvalue weighted by Gasteiger charge is 2.17. The molecular formula is C24H27N3O3S. The summed E-state index contributed by atoms with van der Waals surface area (Å²) in [7, 11) is 3.99. The first-order valence-electron chi connectivity index (χ1n) is 10.0. The second-order valence-corrected chi connectivity index (χ2v) is 8.26. The van der Waals surface area contributed by atoms with Crippen LogP contribution in [-0.4, -0.2) is 43.1 Å². The number of rotatable bonds is 10. The Morgan fingerprint density at radius 1 is 0.968 bits per heavy atom. The Kier molecular flexibility index (Phi) is 8.32. The Hall–Kier alpha value is -3.03. The fourth-order valence-corrected chi connectivity index (χ4v) is 4.01. The zero-order valence-electron chi connectivity index (χ0n) is 17.7. The molecule has 0 fully saturated rings. The molecule has 31 heavy (non-hydrogen) atoms. The quantitative estimate of drug-likeness (QED) is 0.473. The van der Waals surface area contributed by atoms with Crippen molar-refractivity contribution in [2.75, 3.05) is 26.4 Å². The molecule has 0 unspecified atom stereocenters. The number of hydrogen-bond donors (Lipinski definition) is 2. The first kappa shape index (κ1) is 22.7. The number of benzene rings is 2. The van der Waals surface area contributed by atoms with Gasteiger partial charge in [0.2, 0.25) is 5.91 Å². The van der Waals surface area contributed by atoms with Crippen molar-refractivity contribution < 1.29 is 14.0 Å². The predicted molar refractivity (Wildman–Crippen MR) is 123 cm³/mol. The molecule has 2 amide bonds. The van der Waals surface area contributed by atoms with Gasteiger partial charge >= 0.3 is 0 Å². The minimum atomic E-state index is -0.151. The van der Waals surface area contributed by atoms with Crippen LogP contribution in [0, 0.1) is 0 Å². The molecule has 0 aliphatic carbocycles. The monoisotopic (exact) mass is 437 g/mol. The lowest BCUT2D eigenvalue weighted by Gasteiger charge is -2.25. The summed E-state index contributed by atoms with van der Waals surface area (Å²) in [5, 5.41) is 5.86. The molecule has 0 radical (unpaired) electrons. The molecule has 6 nitrogen and oxygen atoms in total. The van der Waals surface area contributed by atoms with Crippen molar-refractivity contribution in [2.45, 2.75) is 17.5 Å². The fraction of sp³-hybridized carbons (Fsp3) is 0.250. The molecule has 0 aliphatic heterocycles. The summed E-state index contributed by atoms with van der Waals surface area (Å²) in [6.07, 6.45) is 1.57. The normalized spacial score (nSPS) is 11.8. The van der Waals surface area contributed by atoms with Crippen molar-refractivity contribution in [3.63, 3.8) is 0 Å². The van der Waals surface area contributed by atoms with Crippen LogP contribution in [0.5, 0.6) is 0 Å². The van der Waals surface area contributed by atoms with E-state index in [9.17, 15) is 9.59 Å². The van der Waals surface area contributed by atoms with Crippen molar-refractivity contribution in [1.29, 1.82) is 0 Å². The molecule has 2 aromatic carbocycles. The van der Waals surface area contributed by atoms with E-state index in [1.807, 2.05) is 56.6 Å². The third-order valence-electron chi connectivity index (χ3n) is 4.79. The minimum Gasteiger partial charge on any atom is -0.467 e. The van der Waals surface area contributed by atoms with Crippen molar-refractivity contribution in [2.24, 2.45) is 0 Å². The minimum absolute atomic E-state index is 0.0670. The van der Waals surface area contributed by atoms with Crippen molar-refractivity contribution >= 4 is 23.6 Å². The number of thioether (sulfide) groups is 1. The maximum atomic E-state index is 12.9. The summed E-state index contributed by atoms with van der Waals surface area (Å²) in [5.41, 5.74) is 1.71. The molecule has 1 atom stereocenters. The summed E-state index contributed by atoms with van der Waals surface area (Å²) in [6.45, 7) is 0.832. The van der Waals surface area contributed by atoms with E-state index in [0.29, 0.717) is 24.4 Å². The highest BCUT2D eigenvalue weighted by molar-refractivity contribution is 8.00. The van der Waals surface area contributed by atoms with Gasteiger partial charge in [-0.1, -0.05) is 42.5 Å². The van der Waals surface area contributed by atoms with E-state index in [4.69, 9.17) is 4.42 Å². The van der Waals surface area contributed by atoms with Gasteiger partial charge in [-0.2, -0.15) is 0 Å². The second kappa shape index (κ2) is 11.4. The Bertz CT molecular complexity index is 975. The number of hydrogen-bond acceptors (Lipinski definition) is 5. The average molecular weight is 438 g/mol. The average Bonchev–Trinajstić information content (AvgIpc) is 3.31. The van der Waals surface area contributed by atoms with Gasteiger partial charge in [-0.05, 0) is 43.9 Å². The number of carbonyl (C=O) groups is 2. The van der Waals surface area contributed by atoms with Crippen LogP contribution in [0.25, 0.3) is 0 Å². The van der Waals surface area contributed by atoms with Crippen LogP contribution in [0.4, 0.5) is 0 Å². The first-order chi connectivity index (χ1) is 15.0. The number of amides is 2. The van der Waals surface area contributed by atoms with Crippen LogP contribution in [0.15, 0.2) is 82.3 Å². The van der Waals surface area contributed by atoms with E-state index in [1.165, 1.54) is 11.8 Å². The maximum absolute atomic E-state index is 12.9. The summed E-state index contributed by atoms with van der Waals surface area (Å²) < 4.78 is 5.21. The van der Waals surface area contributed by atoms with Crippen LogP contribution in [0.1, 0.15) is 27.7 Å². The Morgan fingerprint density at radius 3 is 2.42 bits per heavy atom. The third-order valence-corrected chi connectivity index (χ3v) is 5.87. The van der Waals surface area contributed by atoms with Crippen molar-refractivity contribution in [3.8, 4) is 0 Å². The van der Waals surface area contributed by atoms with Gasteiger partial charge in [0.25, 0.3) is 5.91 Å². The third kappa shape index (κ3) is 6.73. The lowest BCUT2D eigenvalue weighted by Crippen LogP contribution is -2.34. The zero-order chi connectivity index (χ0) is 22.1. The highest BCUT2D eigenvalue weighted by atomic mass is 32.2. The Balaban J connectivity index is 1.57. The van der Waals surface area contributed by atoms with E-state index in [-0.39, 0.29) is 23.6 Å². The molecule has 162 valence electrons. The standard InChI is InChI=1S/C24H27N3O3S/c1-27(2)21(18-9-4-3-5-10-18)16-26-24(29)20-12-6-7-13-22(20)31-17-23(28)25-15-19-11-8-14-30-19/h3-14,21H,15-17H2,1-2H3,(H,25,28)(H,26,29)/t21-/m1/s1. The van der Waals surface area contributed by atoms with Crippen molar-refractivity contribution in [3.05, 3.63) is 89.9 Å². The van der Waals surface area contributed by atoms with Gasteiger partial charge in [0.15, 0.2) is 0 Å². The number of furan rings is 1. The summed E-state index contributed by atoms with van der Waals surface area (Å²) in [6, 6.07) is 21.1. The number of carbonyl (C=O) groups excluding carboxylic acids is 2. The Labute approximate surface area is 187 Å². The molecule has 0 saturated carbocycles. The van der Waals surface area contributed by atoms with Crippen LogP contribution < -0.4 is 10.6 Å². The first-order valence-corrected chi connectivity index (χ1v) is 11.0. The molecule has 2 N–H and O–H groups in total. The van der Waals surface area contributed by atoms with Gasteiger partial charge in [-0.25, -0.2) is 0 Å². The molecule has 1 aromatic heterocycles. The number of nitrogens with one attached hydrogen (secondary N) is 2. The lowest BCUT2D eigenvalue weighted by molar-refractivity contribution is -0.118. The largest absolute Gasteiger partial charge is 0.467 e. The molecule has 7 heteroatoms. The van der Waals surface area contributed by atoms with Crippen LogP contribution >= 0.6 is 11.8 Å². The Morgan fingerprint density at radius 2 is 1.71 bits per heavy atom. The molecule has 3 rings (SSSR count). The molecule has 0 spiro atoms. The zero-order valence-corrected chi connectivity index (χ0v) is 18.5. The predicted octanol–water partition coefficient (Wildman–Crippen LogP) is 3.72. The molecule has 0 saturated heterocycles. The smallest absolute Gasteiger partial charge is 0.252 e. The topological polar surface area (TPSA) is 74.6 Å². The van der Waals surface area contributed by atoms with Gasteiger partial charge in [0.1, 0.15) is 5.76 Å². The maximum Gasteiger partial charge on any atom is 0.252 e. The molecular weight excluding hydrogens is 410 g/mol. The van der Waals surface area contributed by atoms with E-state index < -0.39 is 0 Å². The number of nitrogens with zero attached hydrogens (tertiary/aromatic N) is 1. The van der Waals surface area contributed by atoms with Gasteiger partial charge in [-0.15, -0.1) is 11.8 Å². The second-order valence-electron chi connectivity index (χ2n) is 7.24. The summed E-state index contributed by atoms with van der Waals surface area (Å²) >= 11 is 1.34. The highest BCUT2D eigenvalue weighted by Crippen LogP contribution is 2.23. The summed E-state index contributed by atoms with van der Waals surface area (Å²) in [4.78, 5) is 27.9. The lowest BCUT2D eigenvalue weighted by atomic mass is 10.1. The summed E-state index contributed by atoms with van der Waals surface area (Å²) in [5.74, 6) is 0.650. The number of likely N-dealkylation sites (N-methyl/N-ethyl adjacent to an activating group) is 1. The SMILES string of the molecule is CN(C)[C@H](CNC(=O)c1ccccc1SCC(=O)NCc1ccco1)c1ccccc1. The van der Waals surface area contributed by atoms with E-state index >= 15 is 0 Å². The van der Waals surface area contributed by atoms with Crippen LogP contribution in [0.2, 0.25) is 0 Å². The van der Waals surface area contributed by atoms with Gasteiger partial charge < -0.3 is 20.0 Å². The van der Waals surface area contributed by atoms with E-state index in [0.717, 1.165) is 10.5 Å². The van der Waals surface area contributed by atoms with Crippen LogP contribution in [0.3, 0.4) is 0 Å². The van der Waals surface area contributed by atoms with E-state index in [2.05, 4.69) is 27.7 Å². The van der Waals surface area contributed by atoms with Crippen LogP contribution in [-0.2, 0) is 11.3 Å². The van der Waals surface area contributed by atoms with Gasteiger partial charge in [-0.3, -0.25) is 9.59 Å². The fourth-order valence-electron chi connectivity index (χ4n) is 3.13. The van der Waals surface area contributed by atoms with Gasteiger partial charge in [0, 0.05) is 11.4 Å². The molecule has 0 bridgehead atoms. The van der Waals surface area contributed by atoms with Gasteiger partial charge in [0.05, 0.1) is 30.2 Å². The molecule has 0 aliphatic rings. The van der Waals surface area contributed by atoms with Crippen molar-refractivity contribution in [1.82, 2.24) is 15.5 Å².